The second-order valence-corrected chi connectivity index (χ2v) is 8.55. The lowest BCUT2D eigenvalue weighted by Crippen LogP contribution is -2.48. The zero-order chi connectivity index (χ0) is 19.8. The van der Waals surface area contributed by atoms with Crippen molar-refractivity contribution in [3.63, 3.8) is 0 Å². The second-order valence-electron chi connectivity index (χ2n) is 8.55. The zero-order valence-electron chi connectivity index (χ0n) is 16.3. The Labute approximate surface area is 162 Å². The number of hydrogen-bond donors (Lipinski definition) is 1. The second kappa shape index (κ2) is 5.76. The molecule has 8 nitrogen and oxygen atoms in total. The summed E-state index contributed by atoms with van der Waals surface area (Å²) in [6.45, 7) is 6.95. The van der Waals surface area contributed by atoms with Crippen LogP contribution >= 0.6 is 0 Å². The number of ether oxygens (including phenoxy) is 1. The minimum Gasteiger partial charge on any atom is -0.360 e. The van der Waals surface area contributed by atoms with E-state index in [-0.39, 0.29) is 29.5 Å². The molecule has 2 amide bonds. The van der Waals surface area contributed by atoms with Gasteiger partial charge in [0.25, 0.3) is 5.56 Å². The first-order valence-corrected chi connectivity index (χ1v) is 9.86. The number of H-pyrrole nitrogens is 1. The molecule has 4 aliphatic rings. The molecule has 2 fully saturated rings. The van der Waals surface area contributed by atoms with E-state index in [1.165, 1.54) is 0 Å². The average molecular weight is 384 g/mol. The maximum absolute atomic E-state index is 13.5. The molecule has 4 aliphatic heterocycles. The van der Waals surface area contributed by atoms with Crippen LogP contribution in [0.1, 0.15) is 30.9 Å². The molecular formula is C20H24N4O4. The fraction of sp³-hybridized carbons (Fsp3) is 0.600. The minimum atomic E-state index is -0.675. The van der Waals surface area contributed by atoms with Crippen LogP contribution in [-0.2, 0) is 27.3 Å². The molecule has 2 bridgehead atoms. The third-order valence-corrected chi connectivity index (χ3v) is 6.54. The van der Waals surface area contributed by atoms with Crippen LogP contribution < -0.4 is 5.56 Å². The average Bonchev–Trinajstić information content (AvgIpc) is 3.28. The molecule has 148 valence electrons. The highest BCUT2D eigenvalue weighted by molar-refractivity contribution is 5.93. The van der Waals surface area contributed by atoms with Gasteiger partial charge in [0.1, 0.15) is 11.4 Å². The molecule has 1 aromatic heterocycles. The molecule has 4 atom stereocenters. The molecule has 5 heterocycles. The van der Waals surface area contributed by atoms with Gasteiger partial charge < -0.3 is 19.5 Å². The molecule has 0 saturated carbocycles. The number of hydrogen-bond acceptors (Lipinski definition) is 5. The summed E-state index contributed by atoms with van der Waals surface area (Å²) in [7, 11) is 0. The molecule has 0 aromatic carbocycles. The van der Waals surface area contributed by atoms with Crippen molar-refractivity contribution in [1.29, 1.82) is 0 Å². The smallest absolute Gasteiger partial charge is 0.254 e. The van der Waals surface area contributed by atoms with E-state index in [4.69, 9.17) is 4.74 Å². The first kappa shape index (κ1) is 17.6. The van der Waals surface area contributed by atoms with Crippen molar-refractivity contribution in [3.8, 4) is 0 Å². The lowest BCUT2D eigenvalue weighted by molar-refractivity contribution is -0.144. The third kappa shape index (κ3) is 2.27. The Balaban J connectivity index is 1.44. The normalized spacial score (nSPS) is 33.0. The van der Waals surface area contributed by atoms with Crippen LogP contribution in [0.2, 0.25) is 0 Å². The van der Waals surface area contributed by atoms with E-state index in [0.29, 0.717) is 43.1 Å². The van der Waals surface area contributed by atoms with Crippen molar-refractivity contribution >= 4 is 11.8 Å². The van der Waals surface area contributed by atoms with Gasteiger partial charge in [-0.2, -0.15) is 0 Å². The standard InChI is InChI=1S/C20H24N4O4/c1-10(2)24-9-20-6-4-14(28-20)15(16(20)19(24)27)18(26)23-7-5-12-13(8-23)21-11(3)22-17(12)25/h4,6,10,14-16H,5,7-9H2,1-3H3,(H,21,22,25)/t14-,15+,16+,20-/m1/s1. The number of carbonyl (C=O) groups excluding carboxylic acids is 2. The van der Waals surface area contributed by atoms with Crippen molar-refractivity contribution in [2.24, 2.45) is 11.8 Å². The van der Waals surface area contributed by atoms with E-state index in [9.17, 15) is 14.4 Å². The molecule has 28 heavy (non-hydrogen) atoms. The molecular weight excluding hydrogens is 360 g/mol. The molecule has 0 aliphatic carbocycles. The predicted octanol–water partition coefficient (Wildman–Crippen LogP) is 0.153. The van der Waals surface area contributed by atoms with Crippen molar-refractivity contribution in [2.75, 3.05) is 13.1 Å². The number of carbonyl (C=O) groups is 2. The summed E-state index contributed by atoms with van der Waals surface area (Å²) in [6, 6.07) is 0.0695. The summed E-state index contributed by atoms with van der Waals surface area (Å²) < 4.78 is 6.18. The summed E-state index contributed by atoms with van der Waals surface area (Å²) in [5.41, 5.74) is 0.500. The predicted molar refractivity (Wildman–Crippen MR) is 99.3 cm³/mol. The maximum Gasteiger partial charge on any atom is 0.254 e. The molecule has 1 aromatic rings. The highest BCUT2D eigenvalue weighted by Gasteiger charge is 2.67. The van der Waals surface area contributed by atoms with E-state index >= 15 is 0 Å². The fourth-order valence-electron chi connectivity index (χ4n) is 5.21. The number of aromatic amines is 1. The van der Waals surface area contributed by atoms with Crippen LogP contribution in [0.15, 0.2) is 16.9 Å². The number of fused-ring (bicyclic) bond motifs is 2. The Morgan fingerprint density at radius 2 is 2.18 bits per heavy atom. The third-order valence-electron chi connectivity index (χ3n) is 6.54. The molecule has 0 radical (unpaired) electrons. The van der Waals surface area contributed by atoms with Crippen LogP contribution in [0, 0.1) is 18.8 Å². The van der Waals surface area contributed by atoms with Gasteiger partial charge >= 0.3 is 0 Å². The van der Waals surface area contributed by atoms with Crippen molar-refractivity contribution in [2.45, 2.75) is 51.5 Å². The summed E-state index contributed by atoms with van der Waals surface area (Å²) in [5, 5.41) is 0. The van der Waals surface area contributed by atoms with Crippen molar-refractivity contribution < 1.29 is 14.3 Å². The molecule has 1 N–H and O–H groups in total. The minimum absolute atomic E-state index is 0.00280. The quantitative estimate of drug-likeness (QED) is 0.733. The van der Waals surface area contributed by atoms with E-state index in [1.54, 1.807) is 11.8 Å². The van der Waals surface area contributed by atoms with E-state index in [1.807, 2.05) is 30.9 Å². The van der Waals surface area contributed by atoms with Gasteiger partial charge in [0, 0.05) is 18.2 Å². The maximum atomic E-state index is 13.5. The van der Waals surface area contributed by atoms with Gasteiger partial charge in [-0.3, -0.25) is 14.4 Å². The fourth-order valence-corrected chi connectivity index (χ4v) is 5.21. The van der Waals surface area contributed by atoms with E-state index in [2.05, 4.69) is 9.97 Å². The largest absolute Gasteiger partial charge is 0.360 e. The van der Waals surface area contributed by atoms with Crippen LogP contribution in [0.25, 0.3) is 0 Å². The number of likely N-dealkylation sites (tertiary alicyclic amines) is 1. The lowest BCUT2D eigenvalue weighted by atomic mass is 9.76. The Morgan fingerprint density at radius 3 is 2.93 bits per heavy atom. The van der Waals surface area contributed by atoms with Gasteiger partial charge in [-0.15, -0.1) is 0 Å². The van der Waals surface area contributed by atoms with Crippen LogP contribution in [0.4, 0.5) is 0 Å². The highest BCUT2D eigenvalue weighted by atomic mass is 16.5. The van der Waals surface area contributed by atoms with Gasteiger partial charge in [-0.25, -0.2) is 4.98 Å². The number of aryl methyl sites for hydroxylation is 1. The SMILES string of the molecule is Cc1nc2c(c(=O)[nH]1)CCN(C(=O)[C@@H]1[C@H]3C(=O)N(C(C)C)C[C@]34C=C[C@H]1O4)C2. The van der Waals surface area contributed by atoms with E-state index < -0.39 is 17.4 Å². The summed E-state index contributed by atoms with van der Waals surface area (Å²) >= 11 is 0. The Kier molecular flexibility index (Phi) is 3.62. The zero-order valence-corrected chi connectivity index (χ0v) is 16.3. The summed E-state index contributed by atoms with van der Waals surface area (Å²) in [6.07, 6.45) is 4.02. The van der Waals surface area contributed by atoms with E-state index in [0.717, 1.165) is 0 Å². The Morgan fingerprint density at radius 1 is 1.39 bits per heavy atom. The van der Waals surface area contributed by atoms with Gasteiger partial charge in [-0.05, 0) is 27.2 Å². The monoisotopic (exact) mass is 384 g/mol. The van der Waals surface area contributed by atoms with Gasteiger partial charge in [0.2, 0.25) is 11.8 Å². The number of rotatable bonds is 2. The van der Waals surface area contributed by atoms with Crippen molar-refractivity contribution in [1.82, 2.24) is 19.8 Å². The molecule has 1 spiro atoms. The van der Waals surface area contributed by atoms with Crippen molar-refractivity contribution in [3.05, 3.63) is 39.6 Å². The number of aromatic nitrogens is 2. The Hall–Kier alpha value is -2.48. The summed E-state index contributed by atoms with van der Waals surface area (Å²) in [4.78, 5) is 49.4. The molecule has 0 unspecified atom stereocenters. The van der Waals surface area contributed by atoms with Crippen LogP contribution in [-0.4, -0.2) is 62.4 Å². The molecule has 5 rings (SSSR count). The topological polar surface area (TPSA) is 95.6 Å². The van der Waals surface area contributed by atoms with Gasteiger partial charge in [0.15, 0.2) is 0 Å². The number of amides is 2. The summed E-state index contributed by atoms with van der Waals surface area (Å²) in [5.74, 6) is -0.506. The van der Waals surface area contributed by atoms with Gasteiger partial charge in [0.05, 0.1) is 36.7 Å². The first-order chi connectivity index (χ1) is 13.3. The Bertz CT molecular complexity index is 967. The molecule has 8 heteroatoms. The number of nitrogens with one attached hydrogen (secondary N) is 1. The highest BCUT2D eigenvalue weighted by Crippen LogP contribution is 2.52. The number of nitrogens with zero attached hydrogens (tertiary/aromatic N) is 3. The van der Waals surface area contributed by atoms with Crippen LogP contribution in [0.3, 0.4) is 0 Å². The van der Waals surface area contributed by atoms with Gasteiger partial charge in [-0.1, -0.05) is 12.2 Å². The van der Waals surface area contributed by atoms with Crippen LogP contribution in [0.5, 0.6) is 0 Å². The first-order valence-electron chi connectivity index (χ1n) is 9.86. The molecule has 2 saturated heterocycles. The lowest BCUT2D eigenvalue weighted by Gasteiger charge is -2.33.